The van der Waals surface area contributed by atoms with E-state index in [4.69, 9.17) is 26.0 Å². The molecule has 0 saturated carbocycles. The molecule has 132 valence electrons. The van der Waals surface area contributed by atoms with Gasteiger partial charge in [0.1, 0.15) is 12.2 Å². The minimum atomic E-state index is -4.71. The Hall–Kier alpha value is -1.86. The average molecular weight is 362 g/mol. The van der Waals surface area contributed by atoms with Crippen molar-refractivity contribution in [3.63, 3.8) is 0 Å². The molecule has 24 heavy (non-hydrogen) atoms. The quantitative estimate of drug-likeness (QED) is 0.310. The van der Waals surface area contributed by atoms with Crippen LogP contribution in [0, 0.1) is 0 Å². The lowest BCUT2D eigenvalue weighted by Gasteiger charge is -2.16. The summed E-state index contributed by atoms with van der Waals surface area (Å²) >= 11 is 0. The molecule has 13 nitrogen and oxygen atoms in total. The Morgan fingerprint density at radius 3 is 2.88 bits per heavy atom. The van der Waals surface area contributed by atoms with Gasteiger partial charge in [-0.1, -0.05) is 0 Å². The number of aromatic amines is 1. The molecule has 8 N–H and O–H groups in total. The molecule has 1 saturated heterocycles. The second-order valence-electron chi connectivity index (χ2n) is 5.19. The molecule has 2 aromatic rings. The standard InChI is InChI=1S/C10H15N6O7P/c11-4-3(1-22-24(19,20)21)23-9(6(4)17)16-2-13-5-7(16)14-10(12)15-8(5)18/h2-4,6,9,17H,1,11H2,(H2,19,20,21)(H3,12,14,15,18)/t3-,4?,6?,9-/m1/s1. The van der Waals surface area contributed by atoms with E-state index >= 15 is 0 Å². The molecule has 1 fully saturated rings. The Labute approximate surface area is 133 Å². The van der Waals surface area contributed by atoms with Gasteiger partial charge in [-0.3, -0.25) is 18.9 Å². The van der Waals surface area contributed by atoms with E-state index in [1.54, 1.807) is 0 Å². The Kier molecular flexibility index (Phi) is 4.17. The number of H-pyrrole nitrogens is 1. The minimum absolute atomic E-state index is 0.0107. The highest BCUT2D eigenvalue weighted by Gasteiger charge is 2.44. The highest BCUT2D eigenvalue weighted by atomic mass is 31.2. The molecular formula is C10H15N6O7P. The third-order valence-corrected chi connectivity index (χ3v) is 4.05. The Morgan fingerprint density at radius 1 is 1.50 bits per heavy atom. The van der Waals surface area contributed by atoms with E-state index in [2.05, 4.69) is 19.5 Å². The number of hydrogen-bond donors (Lipinski definition) is 6. The molecule has 1 aliphatic heterocycles. The van der Waals surface area contributed by atoms with Crippen molar-refractivity contribution in [1.82, 2.24) is 19.5 Å². The van der Waals surface area contributed by atoms with Gasteiger partial charge in [-0.2, -0.15) is 4.98 Å². The fraction of sp³-hybridized carbons (Fsp3) is 0.500. The number of nitrogens with two attached hydrogens (primary N) is 2. The summed E-state index contributed by atoms with van der Waals surface area (Å²) in [6, 6.07) is -0.988. The minimum Gasteiger partial charge on any atom is -0.387 e. The smallest absolute Gasteiger partial charge is 0.387 e. The van der Waals surface area contributed by atoms with Crippen molar-refractivity contribution in [1.29, 1.82) is 0 Å². The van der Waals surface area contributed by atoms with Crippen molar-refractivity contribution in [3.05, 3.63) is 16.7 Å². The lowest BCUT2D eigenvalue weighted by atomic mass is 10.1. The van der Waals surface area contributed by atoms with E-state index in [-0.39, 0.29) is 17.1 Å². The number of nitrogen functional groups attached to an aromatic ring is 1. The molecule has 0 spiro atoms. The van der Waals surface area contributed by atoms with Gasteiger partial charge >= 0.3 is 7.82 Å². The van der Waals surface area contributed by atoms with Crippen LogP contribution in [0.3, 0.4) is 0 Å². The summed E-state index contributed by atoms with van der Waals surface area (Å²) in [6.07, 6.45) is -2.10. The first kappa shape index (κ1) is 17.0. The maximum Gasteiger partial charge on any atom is 0.469 e. The van der Waals surface area contributed by atoms with Crippen molar-refractivity contribution in [2.24, 2.45) is 5.73 Å². The first-order chi connectivity index (χ1) is 11.2. The monoisotopic (exact) mass is 362 g/mol. The van der Waals surface area contributed by atoms with Crippen LogP contribution < -0.4 is 17.0 Å². The van der Waals surface area contributed by atoms with E-state index < -0.39 is 44.5 Å². The van der Waals surface area contributed by atoms with Crippen molar-refractivity contribution in [3.8, 4) is 0 Å². The van der Waals surface area contributed by atoms with Crippen LogP contribution in [0.25, 0.3) is 11.2 Å². The summed E-state index contributed by atoms with van der Waals surface area (Å²) in [6.45, 7) is -0.526. The number of fused-ring (bicyclic) bond motifs is 1. The second kappa shape index (κ2) is 5.89. The summed E-state index contributed by atoms with van der Waals surface area (Å²) in [5, 5.41) is 10.2. The lowest BCUT2D eigenvalue weighted by Crippen LogP contribution is -2.41. The third-order valence-electron chi connectivity index (χ3n) is 3.56. The summed E-state index contributed by atoms with van der Waals surface area (Å²) in [4.78, 5) is 39.4. The van der Waals surface area contributed by atoms with Crippen molar-refractivity contribution >= 4 is 24.9 Å². The molecule has 0 amide bonds. The fourth-order valence-electron chi connectivity index (χ4n) is 2.44. The molecular weight excluding hydrogens is 347 g/mol. The topological polar surface area (TPSA) is 212 Å². The van der Waals surface area contributed by atoms with Gasteiger partial charge in [-0.15, -0.1) is 0 Å². The zero-order valence-corrected chi connectivity index (χ0v) is 12.9. The number of hydrogen-bond acceptors (Lipinski definition) is 9. The first-order valence-corrected chi connectivity index (χ1v) is 8.22. The van der Waals surface area contributed by atoms with Crippen LogP contribution in [0.1, 0.15) is 6.23 Å². The van der Waals surface area contributed by atoms with Crippen molar-refractivity contribution in [2.75, 3.05) is 12.3 Å². The lowest BCUT2D eigenvalue weighted by molar-refractivity contribution is -0.0483. The van der Waals surface area contributed by atoms with Gasteiger partial charge in [-0.05, 0) is 0 Å². The molecule has 1 aliphatic rings. The molecule has 0 radical (unpaired) electrons. The van der Waals surface area contributed by atoms with E-state index in [9.17, 15) is 14.5 Å². The van der Waals surface area contributed by atoms with Crippen molar-refractivity contribution < 1.29 is 28.7 Å². The van der Waals surface area contributed by atoms with Gasteiger partial charge in [0.15, 0.2) is 17.4 Å². The zero-order chi connectivity index (χ0) is 17.6. The molecule has 0 aromatic carbocycles. The van der Waals surface area contributed by atoms with Crippen LogP contribution in [0.15, 0.2) is 11.1 Å². The molecule has 2 unspecified atom stereocenters. The highest BCUT2D eigenvalue weighted by Crippen LogP contribution is 2.38. The van der Waals surface area contributed by atoms with E-state index in [0.717, 1.165) is 0 Å². The molecule has 14 heteroatoms. The number of anilines is 1. The Morgan fingerprint density at radius 2 is 2.21 bits per heavy atom. The molecule has 0 aliphatic carbocycles. The number of rotatable bonds is 4. The van der Waals surface area contributed by atoms with E-state index in [1.807, 2.05) is 0 Å². The van der Waals surface area contributed by atoms with Crippen LogP contribution in [-0.2, 0) is 13.8 Å². The maximum atomic E-state index is 11.8. The number of phosphoric acid groups is 1. The van der Waals surface area contributed by atoms with Gasteiger partial charge in [0, 0.05) is 0 Å². The number of phosphoric ester groups is 1. The van der Waals surface area contributed by atoms with E-state index in [1.165, 1.54) is 10.9 Å². The van der Waals surface area contributed by atoms with Crippen LogP contribution in [-0.4, -0.2) is 59.3 Å². The predicted octanol–water partition coefficient (Wildman–Crippen LogP) is -2.60. The van der Waals surface area contributed by atoms with Crippen LogP contribution in [0.5, 0.6) is 0 Å². The van der Waals surface area contributed by atoms with Gasteiger partial charge in [0.05, 0.1) is 19.0 Å². The summed E-state index contributed by atoms with van der Waals surface area (Å²) in [7, 11) is -4.71. The average Bonchev–Trinajstić information content (AvgIpc) is 3.00. The molecule has 0 bridgehead atoms. The molecule has 3 heterocycles. The largest absolute Gasteiger partial charge is 0.469 e. The number of aromatic nitrogens is 4. The summed E-state index contributed by atoms with van der Waals surface area (Å²) in [5.74, 6) is -0.146. The Bertz CT molecular complexity index is 861. The summed E-state index contributed by atoms with van der Waals surface area (Å²) < 4.78 is 21.9. The number of aliphatic hydroxyl groups excluding tert-OH is 1. The fourth-order valence-corrected chi connectivity index (χ4v) is 2.78. The number of nitrogens with one attached hydrogen (secondary N) is 1. The third kappa shape index (κ3) is 3.06. The molecule has 4 atom stereocenters. The number of nitrogens with zero attached hydrogens (tertiary/aromatic N) is 3. The van der Waals surface area contributed by atoms with Gasteiger partial charge in [0.25, 0.3) is 5.56 Å². The van der Waals surface area contributed by atoms with Crippen LogP contribution in [0.2, 0.25) is 0 Å². The zero-order valence-electron chi connectivity index (χ0n) is 12.0. The highest BCUT2D eigenvalue weighted by molar-refractivity contribution is 7.46. The molecule has 2 aromatic heterocycles. The van der Waals surface area contributed by atoms with E-state index in [0.29, 0.717) is 0 Å². The molecule has 3 rings (SSSR count). The predicted molar refractivity (Wildman–Crippen MR) is 78.4 cm³/mol. The number of imidazole rings is 1. The van der Waals surface area contributed by atoms with Crippen LogP contribution >= 0.6 is 7.82 Å². The van der Waals surface area contributed by atoms with Gasteiger partial charge < -0.3 is 31.1 Å². The second-order valence-corrected chi connectivity index (χ2v) is 6.43. The number of ether oxygens (including phenoxy) is 1. The maximum absolute atomic E-state index is 11.8. The SMILES string of the molecule is Nc1nc2c(ncn2[C@@H]2O[C@H](COP(=O)(O)O)C(N)C2O)c(=O)[nH]1. The summed E-state index contributed by atoms with van der Waals surface area (Å²) in [5.41, 5.74) is 10.8. The van der Waals surface area contributed by atoms with Gasteiger partial charge in [-0.25, -0.2) is 9.55 Å². The first-order valence-electron chi connectivity index (χ1n) is 6.69. The van der Waals surface area contributed by atoms with Crippen LogP contribution in [0.4, 0.5) is 5.95 Å². The Balaban J connectivity index is 1.90. The normalized spacial score (nSPS) is 27.8. The van der Waals surface area contributed by atoms with Gasteiger partial charge in [0.2, 0.25) is 5.95 Å². The number of aliphatic hydroxyl groups is 1. The van der Waals surface area contributed by atoms with Crippen molar-refractivity contribution in [2.45, 2.75) is 24.5 Å².